The van der Waals surface area contributed by atoms with Gasteiger partial charge in [-0.3, -0.25) is 9.78 Å². The summed E-state index contributed by atoms with van der Waals surface area (Å²) >= 11 is 0. The van der Waals surface area contributed by atoms with Crippen molar-refractivity contribution in [3.63, 3.8) is 0 Å². The van der Waals surface area contributed by atoms with Crippen molar-refractivity contribution in [3.8, 4) is 0 Å². The molecule has 0 saturated carbocycles. The summed E-state index contributed by atoms with van der Waals surface area (Å²) < 4.78 is 1.92. The summed E-state index contributed by atoms with van der Waals surface area (Å²) in [5, 5.41) is 13.6. The van der Waals surface area contributed by atoms with E-state index in [4.69, 9.17) is 0 Å². The molecule has 2 N–H and O–H groups in total. The third-order valence-corrected chi connectivity index (χ3v) is 6.97. The Hall–Kier alpha value is -4.20. The topological polar surface area (TPSA) is 100 Å². The quantitative estimate of drug-likeness (QED) is 0.384. The van der Waals surface area contributed by atoms with Gasteiger partial charge in [-0.05, 0) is 49.6 Å². The Balaban J connectivity index is 1.16. The van der Waals surface area contributed by atoms with Crippen molar-refractivity contribution in [1.82, 2.24) is 19.9 Å². The maximum absolute atomic E-state index is 13.0. The number of hydrogen-bond acceptors (Lipinski definition) is 5. The summed E-state index contributed by atoms with van der Waals surface area (Å²) in [7, 11) is 0. The number of benzene rings is 2. The number of carbonyl (C=O) groups excluding carboxylic acids is 1. The maximum atomic E-state index is 13.0. The summed E-state index contributed by atoms with van der Waals surface area (Å²) in [6.45, 7) is 4.12. The van der Waals surface area contributed by atoms with Crippen LogP contribution in [0.15, 0.2) is 73.2 Å². The molecular weight excluding hydrogens is 466 g/mol. The second-order valence-electron chi connectivity index (χ2n) is 9.72. The van der Waals surface area contributed by atoms with E-state index in [1.54, 1.807) is 6.33 Å². The lowest BCUT2D eigenvalue weighted by molar-refractivity contribution is -0.142. The van der Waals surface area contributed by atoms with Crippen LogP contribution >= 0.6 is 0 Å². The molecule has 2 aromatic carbocycles. The summed E-state index contributed by atoms with van der Waals surface area (Å²) in [5.41, 5.74) is 4.86. The van der Waals surface area contributed by atoms with E-state index in [0.717, 1.165) is 40.9 Å². The van der Waals surface area contributed by atoms with E-state index < -0.39 is 12.0 Å². The first kappa shape index (κ1) is 24.5. The highest BCUT2D eigenvalue weighted by Crippen LogP contribution is 2.26. The Morgan fingerprint density at radius 2 is 1.86 bits per heavy atom. The molecular formula is C29H31N5O3. The molecule has 0 radical (unpaired) electrons. The summed E-state index contributed by atoms with van der Waals surface area (Å²) in [5.74, 6) is -1.46. The van der Waals surface area contributed by atoms with Crippen molar-refractivity contribution in [1.29, 1.82) is 0 Å². The number of carboxylic acid groups (broad SMARTS) is 1. The molecule has 190 valence electrons. The van der Waals surface area contributed by atoms with Gasteiger partial charge in [0, 0.05) is 54.9 Å². The average Bonchev–Trinajstić information content (AvgIpc) is 3.35. The van der Waals surface area contributed by atoms with Gasteiger partial charge in [0.05, 0.1) is 17.5 Å². The predicted octanol–water partition coefficient (Wildman–Crippen LogP) is 3.82. The molecule has 5 rings (SSSR count). The third-order valence-electron chi connectivity index (χ3n) is 6.97. The monoisotopic (exact) mass is 497 g/mol. The highest BCUT2D eigenvalue weighted by atomic mass is 16.4. The van der Waals surface area contributed by atoms with Gasteiger partial charge in [0.15, 0.2) is 0 Å². The lowest BCUT2D eigenvalue weighted by Crippen LogP contribution is -2.47. The van der Waals surface area contributed by atoms with E-state index in [1.807, 2.05) is 60.2 Å². The fourth-order valence-corrected chi connectivity index (χ4v) is 4.90. The highest BCUT2D eigenvalue weighted by molar-refractivity contribution is 5.86. The maximum Gasteiger partial charge on any atom is 0.326 e. The van der Waals surface area contributed by atoms with Crippen LogP contribution in [0.1, 0.15) is 29.8 Å². The van der Waals surface area contributed by atoms with Crippen molar-refractivity contribution in [2.24, 2.45) is 5.92 Å². The summed E-state index contributed by atoms with van der Waals surface area (Å²) in [6, 6.07) is 19.3. The molecule has 1 aliphatic heterocycles. The number of rotatable bonds is 8. The average molecular weight is 498 g/mol. The van der Waals surface area contributed by atoms with Crippen LogP contribution in [0.2, 0.25) is 0 Å². The minimum Gasteiger partial charge on any atom is -0.480 e. The number of carboxylic acids is 1. The number of imidazole rings is 1. The fraction of sp³-hybridized carbons (Fsp3) is 0.310. The zero-order valence-electron chi connectivity index (χ0n) is 20.9. The second-order valence-corrected chi connectivity index (χ2v) is 9.72. The molecule has 1 amide bonds. The molecule has 37 heavy (non-hydrogen) atoms. The van der Waals surface area contributed by atoms with Gasteiger partial charge >= 0.3 is 5.97 Å². The molecule has 8 heteroatoms. The van der Waals surface area contributed by atoms with Crippen LogP contribution in [-0.4, -0.2) is 50.6 Å². The number of piperidine rings is 1. The number of nitrogens with zero attached hydrogens (tertiary/aromatic N) is 4. The fourth-order valence-electron chi connectivity index (χ4n) is 4.90. The SMILES string of the molecule is Cc1ccc2cc(N3CCC(C(=O)N[C@@H](Cc4cn(Cc5ccccc5)cn4)C(=O)O)CC3)ccc2n1. The van der Waals surface area contributed by atoms with Crippen molar-refractivity contribution < 1.29 is 14.7 Å². The van der Waals surface area contributed by atoms with Gasteiger partial charge in [-0.1, -0.05) is 36.4 Å². The van der Waals surface area contributed by atoms with Crippen molar-refractivity contribution in [3.05, 3.63) is 90.1 Å². The van der Waals surface area contributed by atoms with Crippen LogP contribution in [0, 0.1) is 12.8 Å². The van der Waals surface area contributed by atoms with Crippen molar-refractivity contribution >= 4 is 28.5 Å². The molecule has 0 bridgehead atoms. The molecule has 1 aliphatic rings. The van der Waals surface area contributed by atoms with Crippen LogP contribution in [0.4, 0.5) is 5.69 Å². The van der Waals surface area contributed by atoms with Gasteiger partial charge in [0.25, 0.3) is 0 Å². The Morgan fingerprint density at radius 3 is 2.62 bits per heavy atom. The van der Waals surface area contributed by atoms with Crippen molar-refractivity contribution in [2.45, 2.75) is 38.8 Å². The van der Waals surface area contributed by atoms with Gasteiger partial charge < -0.3 is 19.9 Å². The largest absolute Gasteiger partial charge is 0.480 e. The second kappa shape index (κ2) is 10.8. The Kier molecular flexibility index (Phi) is 7.16. The standard InChI is InChI=1S/C29H31N5O3/c1-20-7-8-23-15-25(9-10-26(23)31-20)34-13-11-22(12-14-34)28(35)32-27(29(36)37)16-24-18-33(19-30-24)17-21-5-3-2-4-6-21/h2-10,15,18-19,22,27H,11-14,16-17H2,1H3,(H,32,35)(H,36,37)/t27-/m0/s1. The number of aliphatic carboxylic acids is 1. The summed E-state index contributed by atoms with van der Waals surface area (Å²) in [6.07, 6.45) is 5.03. The molecule has 1 fully saturated rings. The first-order valence-corrected chi connectivity index (χ1v) is 12.6. The molecule has 8 nitrogen and oxygen atoms in total. The number of aromatic nitrogens is 3. The van der Waals surface area contributed by atoms with Gasteiger partial charge in [0.1, 0.15) is 6.04 Å². The van der Waals surface area contributed by atoms with Crippen LogP contribution in [0.5, 0.6) is 0 Å². The van der Waals surface area contributed by atoms with Crippen LogP contribution in [0.3, 0.4) is 0 Å². The minimum absolute atomic E-state index is 0.145. The number of carbonyl (C=O) groups is 2. The van der Waals surface area contributed by atoms with E-state index in [1.165, 1.54) is 0 Å². The van der Waals surface area contributed by atoms with E-state index in [9.17, 15) is 14.7 Å². The molecule has 0 aliphatic carbocycles. The minimum atomic E-state index is -1.05. The zero-order chi connectivity index (χ0) is 25.8. The van der Waals surface area contributed by atoms with Crippen molar-refractivity contribution in [2.75, 3.05) is 18.0 Å². The number of fused-ring (bicyclic) bond motifs is 1. The molecule has 1 atom stereocenters. The first-order valence-electron chi connectivity index (χ1n) is 12.6. The van der Waals surface area contributed by atoms with E-state index >= 15 is 0 Å². The Bertz CT molecular complexity index is 1390. The van der Waals surface area contributed by atoms with Gasteiger partial charge in [-0.25, -0.2) is 9.78 Å². The van der Waals surface area contributed by atoms with Gasteiger partial charge in [0.2, 0.25) is 5.91 Å². The number of pyridine rings is 1. The normalized spacial score (nSPS) is 15.0. The number of anilines is 1. The van der Waals surface area contributed by atoms with Crippen LogP contribution in [-0.2, 0) is 22.6 Å². The van der Waals surface area contributed by atoms with Crippen LogP contribution < -0.4 is 10.2 Å². The molecule has 4 aromatic rings. The van der Waals surface area contributed by atoms with Gasteiger partial charge in [-0.15, -0.1) is 0 Å². The highest BCUT2D eigenvalue weighted by Gasteiger charge is 2.29. The Morgan fingerprint density at radius 1 is 1.08 bits per heavy atom. The lowest BCUT2D eigenvalue weighted by Gasteiger charge is -2.33. The molecule has 3 heterocycles. The number of nitrogens with one attached hydrogen (secondary N) is 1. The molecule has 0 unspecified atom stereocenters. The zero-order valence-corrected chi connectivity index (χ0v) is 20.9. The summed E-state index contributed by atoms with van der Waals surface area (Å²) in [4.78, 5) is 36.1. The molecule has 0 spiro atoms. The number of aryl methyl sites for hydroxylation is 1. The van der Waals surface area contributed by atoms with Crippen LogP contribution in [0.25, 0.3) is 10.9 Å². The smallest absolute Gasteiger partial charge is 0.326 e. The Labute approximate surface area is 216 Å². The number of amides is 1. The van der Waals surface area contributed by atoms with E-state index in [-0.39, 0.29) is 18.2 Å². The molecule has 1 saturated heterocycles. The van der Waals surface area contributed by atoms with E-state index in [2.05, 4.69) is 38.4 Å². The van der Waals surface area contributed by atoms with Gasteiger partial charge in [-0.2, -0.15) is 0 Å². The predicted molar refractivity (Wildman–Crippen MR) is 142 cm³/mol. The van der Waals surface area contributed by atoms with E-state index in [0.29, 0.717) is 25.1 Å². The molecule has 2 aromatic heterocycles. The number of hydrogen-bond donors (Lipinski definition) is 2. The first-order chi connectivity index (χ1) is 17.9. The lowest BCUT2D eigenvalue weighted by atomic mass is 9.94. The third kappa shape index (κ3) is 5.97.